The molecule has 1 aromatic heterocycles. The molecule has 17 heavy (non-hydrogen) atoms. The third kappa shape index (κ3) is 3.57. The number of pyridine rings is 1. The Labute approximate surface area is 102 Å². The summed E-state index contributed by atoms with van der Waals surface area (Å²) in [5, 5.41) is 3.31. The average Bonchev–Trinajstić information content (AvgIpc) is 2.37. The quantitative estimate of drug-likeness (QED) is 0.809. The number of nitrogens with zero attached hydrogens (tertiary/aromatic N) is 2. The Kier molecular flexibility index (Phi) is 4.17. The Hall–Kier alpha value is -1.33. The first-order chi connectivity index (χ1) is 8.28. The van der Waals surface area contributed by atoms with E-state index in [1.54, 1.807) is 12.4 Å². The van der Waals surface area contributed by atoms with Gasteiger partial charge in [-0.05, 0) is 12.6 Å². The van der Waals surface area contributed by atoms with Crippen LogP contribution in [-0.2, 0) is 4.74 Å². The molecule has 1 atom stereocenters. The lowest BCUT2D eigenvalue weighted by molar-refractivity contribution is -0.0191. The van der Waals surface area contributed by atoms with Gasteiger partial charge < -0.3 is 15.8 Å². The highest BCUT2D eigenvalue weighted by atomic mass is 16.5. The van der Waals surface area contributed by atoms with Crippen LogP contribution >= 0.6 is 0 Å². The van der Waals surface area contributed by atoms with E-state index in [4.69, 9.17) is 10.5 Å². The Morgan fingerprint density at radius 2 is 2.47 bits per heavy atom. The maximum Gasteiger partial charge on any atom is 0.0874 e. The van der Waals surface area contributed by atoms with Gasteiger partial charge in [0, 0.05) is 25.8 Å². The summed E-state index contributed by atoms with van der Waals surface area (Å²) >= 11 is 0. The van der Waals surface area contributed by atoms with Crippen molar-refractivity contribution in [1.82, 2.24) is 9.88 Å². The molecule has 2 rings (SSSR count). The minimum Gasteiger partial charge on any atom is -0.397 e. The molecule has 1 aromatic rings. The molecule has 1 fully saturated rings. The maximum atomic E-state index is 5.71. The first-order valence-electron chi connectivity index (χ1n) is 6.06. The van der Waals surface area contributed by atoms with E-state index in [1.165, 1.54) is 0 Å². The highest BCUT2D eigenvalue weighted by Crippen LogP contribution is 2.11. The van der Waals surface area contributed by atoms with Gasteiger partial charge in [-0.1, -0.05) is 6.92 Å². The molecule has 2 heterocycles. The fourth-order valence-corrected chi connectivity index (χ4v) is 1.98. The average molecular weight is 236 g/mol. The standard InChI is InChI=1S/C12H20N4O/c1-2-16-3-4-17-12(9-16)8-15-11-5-10(13)6-14-7-11/h5-7,12,15H,2-4,8-9,13H2,1H3. The lowest BCUT2D eigenvalue weighted by atomic mass is 10.2. The molecule has 94 valence electrons. The Morgan fingerprint density at radius 1 is 1.59 bits per heavy atom. The van der Waals surface area contributed by atoms with Crippen molar-refractivity contribution in [2.45, 2.75) is 13.0 Å². The smallest absolute Gasteiger partial charge is 0.0874 e. The van der Waals surface area contributed by atoms with E-state index in [9.17, 15) is 0 Å². The number of morpholine rings is 1. The molecule has 5 nitrogen and oxygen atoms in total. The highest BCUT2D eigenvalue weighted by molar-refractivity contribution is 5.51. The van der Waals surface area contributed by atoms with Gasteiger partial charge in [0.15, 0.2) is 0 Å². The number of nitrogen functional groups attached to an aromatic ring is 1. The van der Waals surface area contributed by atoms with Crippen molar-refractivity contribution in [2.24, 2.45) is 0 Å². The third-order valence-electron chi connectivity index (χ3n) is 2.96. The van der Waals surface area contributed by atoms with Crippen molar-refractivity contribution >= 4 is 11.4 Å². The second kappa shape index (κ2) is 5.84. The third-order valence-corrected chi connectivity index (χ3v) is 2.96. The molecule has 0 amide bonds. The minimum atomic E-state index is 0.241. The van der Waals surface area contributed by atoms with Crippen LogP contribution in [0.15, 0.2) is 18.5 Å². The summed E-state index contributed by atoms with van der Waals surface area (Å²) in [5.74, 6) is 0. The molecule has 0 bridgehead atoms. The lowest BCUT2D eigenvalue weighted by Gasteiger charge is -2.32. The molecule has 3 N–H and O–H groups in total. The van der Waals surface area contributed by atoms with Crippen LogP contribution in [0.5, 0.6) is 0 Å². The van der Waals surface area contributed by atoms with Crippen molar-refractivity contribution in [3.8, 4) is 0 Å². The Bertz CT molecular complexity index is 358. The van der Waals surface area contributed by atoms with Crippen LogP contribution < -0.4 is 11.1 Å². The van der Waals surface area contributed by atoms with E-state index in [0.29, 0.717) is 5.69 Å². The normalized spacial score (nSPS) is 21.4. The summed E-state index contributed by atoms with van der Waals surface area (Å²) in [5.41, 5.74) is 7.29. The predicted octanol–water partition coefficient (Wildman–Crippen LogP) is 0.796. The van der Waals surface area contributed by atoms with E-state index in [1.807, 2.05) is 6.07 Å². The van der Waals surface area contributed by atoms with Crippen LogP contribution in [0.2, 0.25) is 0 Å². The number of likely N-dealkylation sites (N-methyl/N-ethyl adjacent to an activating group) is 1. The number of anilines is 2. The van der Waals surface area contributed by atoms with Crippen LogP contribution in [0.25, 0.3) is 0 Å². The highest BCUT2D eigenvalue weighted by Gasteiger charge is 2.18. The summed E-state index contributed by atoms with van der Waals surface area (Å²) in [6.07, 6.45) is 3.66. The number of ether oxygens (including phenoxy) is 1. The van der Waals surface area contributed by atoms with Gasteiger partial charge in [-0.25, -0.2) is 0 Å². The van der Waals surface area contributed by atoms with Gasteiger partial charge in [0.1, 0.15) is 0 Å². The molecule has 0 aliphatic carbocycles. The van der Waals surface area contributed by atoms with Crippen LogP contribution in [0.4, 0.5) is 11.4 Å². The van der Waals surface area contributed by atoms with Crippen molar-refractivity contribution in [2.75, 3.05) is 43.8 Å². The largest absolute Gasteiger partial charge is 0.397 e. The fourth-order valence-electron chi connectivity index (χ4n) is 1.98. The Morgan fingerprint density at radius 3 is 3.24 bits per heavy atom. The summed E-state index contributed by atoms with van der Waals surface area (Å²) in [6, 6.07) is 1.88. The van der Waals surface area contributed by atoms with Crippen LogP contribution in [-0.4, -0.2) is 48.8 Å². The molecular formula is C12H20N4O. The molecule has 0 radical (unpaired) electrons. The number of rotatable bonds is 4. The SMILES string of the molecule is CCN1CCOC(CNc2cncc(N)c2)C1. The first-order valence-corrected chi connectivity index (χ1v) is 6.06. The van der Waals surface area contributed by atoms with Crippen molar-refractivity contribution < 1.29 is 4.74 Å². The van der Waals surface area contributed by atoms with Crippen molar-refractivity contribution in [3.05, 3.63) is 18.5 Å². The Balaban J connectivity index is 1.81. The van der Waals surface area contributed by atoms with Gasteiger partial charge in [0.2, 0.25) is 0 Å². The number of hydrogen-bond acceptors (Lipinski definition) is 5. The van der Waals surface area contributed by atoms with Gasteiger partial charge in [0.25, 0.3) is 0 Å². The molecule has 1 aliphatic heterocycles. The number of nitrogens with one attached hydrogen (secondary N) is 1. The van der Waals surface area contributed by atoms with E-state index in [-0.39, 0.29) is 6.10 Å². The second-order valence-corrected chi connectivity index (χ2v) is 4.27. The summed E-state index contributed by atoms with van der Waals surface area (Å²) in [4.78, 5) is 6.44. The predicted molar refractivity (Wildman–Crippen MR) is 69.0 cm³/mol. The zero-order valence-corrected chi connectivity index (χ0v) is 10.2. The van der Waals surface area contributed by atoms with E-state index >= 15 is 0 Å². The van der Waals surface area contributed by atoms with Gasteiger partial charge in [-0.3, -0.25) is 9.88 Å². The lowest BCUT2D eigenvalue weighted by Crippen LogP contribution is -2.45. The molecular weight excluding hydrogens is 216 g/mol. The molecule has 1 aliphatic rings. The number of hydrogen-bond donors (Lipinski definition) is 2. The summed E-state index contributed by atoms with van der Waals surface area (Å²) < 4.78 is 5.71. The van der Waals surface area contributed by atoms with E-state index in [2.05, 4.69) is 22.1 Å². The molecule has 1 unspecified atom stereocenters. The maximum absolute atomic E-state index is 5.71. The van der Waals surface area contributed by atoms with Crippen molar-refractivity contribution in [3.63, 3.8) is 0 Å². The van der Waals surface area contributed by atoms with Crippen LogP contribution in [0, 0.1) is 0 Å². The molecule has 0 spiro atoms. The zero-order chi connectivity index (χ0) is 12.1. The van der Waals surface area contributed by atoms with Gasteiger partial charge >= 0.3 is 0 Å². The number of aromatic nitrogens is 1. The fraction of sp³-hybridized carbons (Fsp3) is 0.583. The molecule has 0 saturated carbocycles. The van der Waals surface area contributed by atoms with Crippen LogP contribution in [0.1, 0.15) is 6.92 Å². The first kappa shape index (κ1) is 12.1. The zero-order valence-electron chi connectivity index (χ0n) is 10.2. The van der Waals surface area contributed by atoms with Crippen molar-refractivity contribution in [1.29, 1.82) is 0 Å². The van der Waals surface area contributed by atoms with E-state index in [0.717, 1.165) is 38.5 Å². The molecule has 1 saturated heterocycles. The molecule has 0 aromatic carbocycles. The van der Waals surface area contributed by atoms with E-state index < -0.39 is 0 Å². The van der Waals surface area contributed by atoms with Gasteiger partial charge in [0.05, 0.1) is 30.3 Å². The van der Waals surface area contributed by atoms with Crippen LogP contribution in [0.3, 0.4) is 0 Å². The van der Waals surface area contributed by atoms with Gasteiger partial charge in [-0.2, -0.15) is 0 Å². The summed E-state index contributed by atoms with van der Waals surface area (Å²) in [6.45, 7) is 6.89. The topological polar surface area (TPSA) is 63.4 Å². The second-order valence-electron chi connectivity index (χ2n) is 4.27. The molecule has 5 heteroatoms. The number of nitrogens with two attached hydrogens (primary N) is 1. The van der Waals surface area contributed by atoms with Gasteiger partial charge in [-0.15, -0.1) is 0 Å². The summed E-state index contributed by atoms with van der Waals surface area (Å²) in [7, 11) is 0. The monoisotopic (exact) mass is 236 g/mol. The minimum absolute atomic E-state index is 0.241.